The van der Waals surface area contributed by atoms with Gasteiger partial charge >= 0.3 is 6.03 Å². The molecule has 5 heteroatoms. The standard InChI is InChI=1S/C15H21N3O2/c1-2-16-15(20)17-13-9-6-10-18(11-13)14(19)12-7-4-3-5-8-12/h3-5,7-8,13H,2,6,9-11H2,1H3,(H2,16,17,20)/t13-/m1/s1. The Kier molecular flexibility index (Phi) is 4.98. The maximum atomic E-state index is 12.4. The van der Waals surface area contributed by atoms with Crippen molar-refractivity contribution < 1.29 is 9.59 Å². The first-order valence-corrected chi connectivity index (χ1v) is 7.09. The molecule has 1 aliphatic rings. The third kappa shape index (κ3) is 3.73. The number of carbonyl (C=O) groups is 2. The van der Waals surface area contributed by atoms with Crippen LogP contribution >= 0.6 is 0 Å². The Bertz CT molecular complexity index is 461. The number of hydrogen-bond acceptors (Lipinski definition) is 2. The van der Waals surface area contributed by atoms with Gasteiger partial charge in [0.25, 0.3) is 5.91 Å². The molecule has 1 aromatic rings. The molecule has 0 unspecified atom stereocenters. The normalized spacial score (nSPS) is 18.4. The van der Waals surface area contributed by atoms with Crippen molar-refractivity contribution in [3.05, 3.63) is 35.9 Å². The van der Waals surface area contributed by atoms with E-state index in [2.05, 4.69) is 10.6 Å². The zero-order valence-electron chi connectivity index (χ0n) is 11.8. The molecule has 1 heterocycles. The van der Waals surface area contributed by atoms with Crippen LogP contribution in [-0.2, 0) is 0 Å². The van der Waals surface area contributed by atoms with E-state index in [1.807, 2.05) is 42.2 Å². The third-order valence-corrected chi connectivity index (χ3v) is 3.40. The molecule has 0 bridgehead atoms. The van der Waals surface area contributed by atoms with Crippen molar-refractivity contribution in [1.29, 1.82) is 0 Å². The van der Waals surface area contributed by atoms with Crippen molar-refractivity contribution in [2.24, 2.45) is 0 Å². The van der Waals surface area contributed by atoms with Gasteiger partial charge in [-0.15, -0.1) is 0 Å². The molecule has 5 nitrogen and oxygen atoms in total. The monoisotopic (exact) mass is 275 g/mol. The first-order chi connectivity index (χ1) is 9.70. The first-order valence-electron chi connectivity index (χ1n) is 7.09. The summed E-state index contributed by atoms with van der Waals surface area (Å²) in [6.07, 6.45) is 1.82. The number of nitrogens with zero attached hydrogens (tertiary/aromatic N) is 1. The molecule has 20 heavy (non-hydrogen) atoms. The lowest BCUT2D eigenvalue weighted by atomic mass is 10.0. The molecule has 1 saturated heterocycles. The van der Waals surface area contributed by atoms with E-state index in [0.717, 1.165) is 19.4 Å². The van der Waals surface area contributed by atoms with Crippen LogP contribution in [0.4, 0.5) is 4.79 Å². The number of likely N-dealkylation sites (tertiary alicyclic amines) is 1. The van der Waals surface area contributed by atoms with Gasteiger partial charge in [0.05, 0.1) is 0 Å². The van der Waals surface area contributed by atoms with E-state index in [1.165, 1.54) is 0 Å². The molecule has 2 rings (SSSR count). The summed E-state index contributed by atoms with van der Waals surface area (Å²) in [5, 5.41) is 5.63. The predicted molar refractivity (Wildman–Crippen MR) is 77.6 cm³/mol. The Balaban J connectivity index is 1.93. The molecule has 0 saturated carbocycles. The molecule has 1 aliphatic heterocycles. The van der Waals surface area contributed by atoms with Crippen molar-refractivity contribution >= 4 is 11.9 Å². The lowest BCUT2D eigenvalue weighted by Gasteiger charge is -2.33. The molecule has 3 amide bonds. The molecule has 1 aromatic carbocycles. The number of benzene rings is 1. The van der Waals surface area contributed by atoms with E-state index in [1.54, 1.807) is 0 Å². The lowest BCUT2D eigenvalue weighted by Crippen LogP contribution is -2.51. The fourth-order valence-corrected chi connectivity index (χ4v) is 2.44. The van der Waals surface area contributed by atoms with E-state index in [9.17, 15) is 9.59 Å². The van der Waals surface area contributed by atoms with Crippen LogP contribution in [0, 0.1) is 0 Å². The number of nitrogens with one attached hydrogen (secondary N) is 2. The minimum atomic E-state index is -0.161. The molecule has 1 fully saturated rings. The average molecular weight is 275 g/mol. The SMILES string of the molecule is CCNC(=O)N[C@@H]1CCCN(C(=O)c2ccccc2)C1. The molecular formula is C15H21N3O2. The third-order valence-electron chi connectivity index (χ3n) is 3.40. The van der Waals surface area contributed by atoms with Crippen LogP contribution in [0.3, 0.4) is 0 Å². The summed E-state index contributed by atoms with van der Waals surface area (Å²) in [4.78, 5) is 25.7. The molecule has 0 radical (unpaired) electrons. The maximum absolute atomic E-state index is 12.4. The number of rotatable bonds is 3. The number of carbonyl (C=O) groups excluding carboxylic acids is 2. The number of urea groups is 1. The highest BCUT2D eigenvalue weighted by Crippen LogP contribution is 2.13. The summed E-state index contributed by atoms with van der Waals surface area (Å²) in [6, 6.07) is 9.14. The molecule has 1 atom stereocenters. The van der Waals surface area contributed by atoms with Gasteiger partial charge in [0.15, 0.2) is 0 Å². The molecule has 0 aliphatic carbocycles. The highest BCUT2D eigenvalue weighted by Gasteiger charge is 2.25. The Morgan fingerprint density at radius 2 is 2.05 bits per heavy atom. The van der Waals surface area contributed by atoms with Gasteiger partial charge in [0, 0.05) is 31.2 Å². The van der Waals surface area contributed by atoms with Gasteiger partial charge in [-0.05, 0) is 31.9 Å². The number of amides is 3. The minimum Gasteiger partial charge on any atom is -0.338 e. The lowest BCUT2D eigenvalue weighted by molar-refractivity contribution is 0.0697. The molecule has 2 N–H and O–H groups in total. The first kappa shape index (κ1) is 14.4. The fourth-order valence-electron chi connectivity index (χ4n) is 2.44. The zero-order valence-corrected chi connectivity index (χ0v) is 11.8. The van der Waals surface area contributed by atoms with E-state index >= 15 is 0 Å². The van der Waals surface area contributed by atoms with Crippen molar-refractivity contribution in [2.75, 3.05) is 19.6 Å². The Labute approximate surface area is 119 Å². The Hall–Kier alpha value is -2.04. The van der Waals surface area contributed by atoms with Crippen LogP contribution in [0.5, 0.6) is 0 Å². The van der Waals surface area contributed by atoms with Crippen molar-refractivity contribution in [1.82, 2.24) is 15.5 Å². The largest absolute Gasteiger partial charge is 0.338 e. The highest BCUT2D eigenvalue weighted by molar-refractivity contribution is 5.94. The van der Waals surface area contributed by atoms with Crippen LogP contribution in [0.2, 0.25) is 0 Å². The van der Waals surface area contributed by atoms with Crippen molar-refractivity contribution in [3.63, 3.8) is 0 Å². The second-order valence-corrected chi connectivity index (χ2v) is 4.96. The molecule has 0 spiro atoms. The second kappa shape index (κ2) is 6.93. The summed E-state index contributed by atoms with van der Waals surface area (Å²) in [6.45, 7) is 3.81. The minimum absolute atomic E-state index is 0.0305. The van der Waals surface area contributed by atoms with Crippen LogP contribution in [0.15, 0.2) is 30.3 Å². The summed E-state index contributed by atoms with van der Waals surface area (Å²) in [5.41, 5.74) is 0.700. The fraction of sp³-hybridized carbons (Fsp3) is 0.467. The molecular weight excluding hydrogens is 254 g/mol. The number of piperidine rings is 1. The zero-order chi connectivity index (χ0) is 14.4. The Morgan fingerprint density at radius 3 is 2.75 bits per heavy atom. The van der Waals surface area contributed by atoms with E-state index in [4.69, 9.17) is 0 Å². The van der Waals surface area contributed by atoms with E-state index in [-0.39, 0.29) is 18.0 Å². The maximum Gasteiger partial charge on any atom is 0.315 e. The highest BCUT2D eigenvalue weighted by atomic mass is 16.2. The van der Waals surface area contributed by atoms with Gasteiger partial charge in [-0.25, -0.2) is 4.79 Å². The quantitative estimate of drug-likeness (QED) is 0.880. The van der Waals surface area contributed by atoms with Gasteiger partial charge < -0.3 is 15.5 Å². The summed E-state index contributed by atoms with van der Waals surface area (Å²) >= 11 is 0. The van der Waals surface area contributed by atoms with Crippen LogP contribution in [0.25, 0.3) is 0 Å². The average Bonchev–Trinajstić information content (AvgIpc) is 2.48. The Morgan fingerprint density at radius 1 is 1.30 bits per heavy atom. The van der Waals surface area contributed by atoms with Gasteiger partial charge in [-0.2, -0.15) is 0 Å². The summed E-state index contributed by atoms with van der Waals surface area (Å²) in [5.74, 6) is 0.0352. The summed E-state index contributed by atoms with van der Waals surface area (Å²) in [7, 11) is 0. The van der Waals surface area contributed by atoms with Crippen LogP contribution in [0.1, 0.15) is 30.1 Å². The van der Waals surface area contributed by atoms with Gasteiger partial charge in [-0.1, -0.05) is 18.2 Å². The van der Waals surface area contributed by atoms with Crippen molar-refractivity contribution in [2.45, 2.75) is 25.8 Å². The van der Waals surface area contributed by atoms with Gasteiger partial charge in [-0.3, -0.25) is 4.79 Å². The molecule has 108 valence electrons. The summed E-state index contributed by atoms with van der Waals surface area (Å²) < 4.78 is 0. The second-order valence-electron chi connectivity index (χ2n) is 4.96. The van der Waals surface area contributed by atoms with Crippen molar-refractivity contribution in [3.8, 4) is 0 Å². The topological polar surface area (TPSA) is 61.4 Å². The smallest absolute Gasteiger partial charge is 0.315 e. The van der Waals surface area contributed by atoms with E-state index < -0.39 is 0 Å². The van der Waals surface area contributed by atoms with Crippen LogP contribution < -0.4 is 10.6 Å². The van der Waals surface area contributed by atoms with Gasteiger partial charge in [0.2, 0.25) is 0 Å². The van der Waals surface area contributed by atoms with Gasteiger partial charge in [0.1, 0.15) is 0 Å². The van der Waals surface area contributed by atoms with E-state index in [0.29, 0.717) is 18.7 Å². The molecule has 0 aromatic heterocycles. The number of hydrogen-bond donors (Lipinski definition) is 2. The predicted octanol–water partition coefficient (Wildman–Crippen LogP) is 1.61. The van der Waals surface area contributed by atoms with Crippen LogP contribution in [-0.4, -0.2) is 42.5 Å².